The molecule has 0 aliphatic heterocycles. The van der Waals surface area contributed by atoms with Crippen LogP contribution in [0.2, 0.25) is 0 Å². The first-order valence-corrected chi connectivity index (χ1v) is 6.47. The molecule has 2 heteroatoms. The van der Waals surface area contributed by atoms with Crippen molar-refractivity contribution in [2.45, 2.75) is 13.3 Å². The molecule has 1 heterocycles. The Morgan fingerprint density at radius 3 is 2.21 bits per heavy atom. The van der Waals surface area contributed by atoms with Crippen LogP contribution in [0, 0.1) is 6.92 Å². The molecule has 0 amide bonds. The molecule has 1 aromatic heterocycles. The zero-order valence-corrected chi connectivity index (χ0v) is 11.0. The maximum absolute atomic E-state index is 4.65. The number of para-hydroxylation sites is 1. The van der Waals surface area contributed by atoms with Gasteiger partial charge in [-0.3, -0.25) is 0 Å². The molecular formula is C17H16N2. The zero-order valence-electron chi connectivity index (χ0n) is 11.0. The Hall–Kier alpha value is -2.35. The van der Waals surface area contributed by atoms with Crippen LogP contribution in [0.25, 0.3) is 5.69 Å². The van der Waals surface area contributed by atoms with Gasteiger partial charge in [0.25, 0.3) is 0 Å². The summed E-state index contributed by atoms with van der Waals surface area (Å²) < 4.78 is 2.17. The Balaban J connectivity index is 1.99. The van der Waals surface area contributed by atoms with Gasteiger partial charge >= 0.3 is 0 Å². The SMILES string of the molecule is Cc1cn(-c2ccccc2)c(Cc2ccccc2)n1. The molecule has 0 bridgehead atoms. The van der Waals surface area contributed by atoms with Crippen molar-refractivity contribution in [2.75, 3.05) is 0 Å². The highest BCUT2D eigenvalue weighted by Gasteiger charge is 2.07. The molecule has 3 rings (SSSR count). The summed E-state index contributed by atoms with van der Waals surface area (Å²) in [5.41, 5.74) is 3.49. The third kappa shape index (κ3) is 2.58. The molecule has 2 nitrogen and oxygen atoms in total. The molecule has 0 N–H and O–H groups in total. The van der Waals surface area contributed by atoms with Gasteiger partial charge in [-0.25, -0.2) is 4.98 Å². The zero-order chi connectivity index (χ0) is 13.1. The largest absolute Gasteiger partial charge is 0.303 e. The van der Waals surface area contributed by atoms with Crippen LogP contribution in [-0.2, 0) is 6.42 Å². The third-order valence-electron chi connectivity index (χ3n) is 3.14. The van der Waals surface area contributed by atoms with Crippen molar-refractivity contribution < 1.29 is 0 Å². The average molecular weight is 248 g/mol. The monoisotopic (exact) mass is 248 g/mol. The van der Waals surface area contributed by atoms with E-state index in [1.807, 2.05) is 19.1 Å². The first-order chi connectivity index (χ1) is 9.33. The normalized spacial score (nSPS) is 10.6. The van der Waals surface area contributed by atoms with Gasteiger partial charge in [0, 0.05) is 18.3 Å². The number of hydrogen-bond acceptors (Lipinski definition) is 1. The fraction of sp³-hybridized carbons (Fsp3) is 0.118. The molecule has 0 radical (unpaired) electrons. The van der Waals surface area contributed by atoms with Crippen LogP contribution >= 0.6 is 0 Å². The summed E-state index contributed by atoms with van der Waals surface area (Å²) in [5, 5.41) is 0. The van der Waals surface area contributed by atoms with E-state index >= 15 is 0 Å². The number of aryl methyl sites for hydroxylation is 1. The predicted octanol–water partition coefficient (Wildman–Crippen LogP) is 3.77. The Morgan fingerprint density at radius 1 is 0.895 bits per heavy atom. The summed E-state index contributed by atoms with van der Waals surface area (Å²) in [5.74, 6) is 1.08. The van der Waals surface area contributed by atoms with Crippen molar-refractivity contribution in [3.8, 4) is 5.69 Å². The first-order valence-electron chi connectivity index (χ1n) is 6.47. The van der Waals surface area contributed by atoms with Crippen molar-refractivity contribution in [1.82, 2.24) is 9.55 Å². The van der Waals surface area contributed by atoms with E-state index in [0.717, 1.165) is 23.6 Å². The topological polar surface area (TPSA) is 17.8 Å². The highest BCUT2D eigenvalue weighted by Crippen LogP contribution is 2.15. The molecule has 0 saturated heterocycles. The number of nitrogens with zero attached hydrogens (tertiary/aromatic N) is 2. The van der Waals surface area contributed by atoms with Gasteiger partial charge in [0.05, 0.1) is 5.69 Å². The molecule has 0 aliphatic rings. The average Bonchev–Trinajstić information content (AvgIpc) is 2.82. The lowest BCUT2D eigenvalue weighted by Crippen LogP contribution is -2.01. The quantitative estimate of drug-likeness (QED) is 0.690. The van der Waals surface area contributed by atoms with Crippen LogP contribution in [0.5, 0.6) is 0 Å². The van der Waals surface area contributed by atoms with E-state index < -0.39 is 0 Å². The van der Waals surface area contributed by atoms with E-state index in [2.05, 4.69) is 64.3 Å². The number of hydrogen-bond donors (Lipinski definition) is 0. The second kappa shape index (κ2) is 5.11. The predicted molar refractivity (Wildman–Crippen MR) is 77.5 cm³/mol. The molecule has 0 saturated carbocycles. The van der Waals surface area contributed by atoms with Crippen LogP contribution in [0.4, 0.5) is 0 Å². The molecular weight excluding hydrogens is 232 g/mol. The van der Waals surface area contributed by atoms with Gasteiger partial charge in [-0.1, -0.05) is 48.5 Å². The van der Waals surface area contributed by atoms with Crippen LogP contribution in [0.15, 0.2) is 66.9 Å². The van der Waals surface area contributed by atoms with E-state index in [0.29, 0.717) is 0 Å². The van der Waals surface area contributed by atoms with Crippen LogP contribution < -0.4 is 0 Å². The van der Waals surface area contributed by atoms with Gasteiger partial charge in [-0.05, 0) is 24.6 Å². The Bertz CT molecular complexity index is 654. The number of rotatable bonds is 3. The fourth-order valence-corrected chi connectivity index (χ4v) is 2.26. The number of aromatic nitrogens is 2. The summed E-state index contributed by atoms with van der Waals surface area (Å²) in [6.45, 7) is 2.04. The highest BCUT2D eigenvalue weighted by atomic mass is 15.1. The van der Waals surface area contributed by atoms with Crippen LogP contribution in [0.1, 0.15) is 17.1 Å². The van der Waals surface area contributed by atoms with Gasteiger partial charge in [0.15, 0.2) is 0 Å². The maximum Gasteiger partial charge on any atom is 0.117 e. The summed E-state index contributed by atoms with van der Waals surface area (Å²) in [6.07, 6.45) is 2.94. The standard InChI is InChI=1S/C17H16N2/c1-14-13-19(16-10-6-3-7-11-16)17(18-14)12-15-8-4-2-5-9-15/h2-11,13H,12H2,1H3. The maximum atomic E-state index is 4.65. The highest BCUT2D eigenvalue weighted by molar-refractivity contribution is 5.35. The second-order valence-electron chi connectivity index (χ2n) is 4.67. The van der Waals surface area contributed by atoms with Crippen LogP contribution in [0.3, 0.4) is 0 Å². The smallest absolute Gasteiger partial charge is 0.117 e. The Kier molecular flexibility index (Phi) is 3.15. The fourth-order valence-electron chi connectivity index (χ4n) is 2.26. The summed E-state index contributed by atoms with van der Waals surface area (Å²) in [6, 6.07) is 20.8. The second-order valence-corrected chi connectivity index (χ2v) is 4.67. The van der Waals surface area contributed by atoms with Crippen molar-refractivity contribution in [1.29, 1.82) is 0 Å². The Labute approximate surface area is 113 Å². The van der Waals surface area contributed by atoms with Gasteiger partial charge < -0.3 is 4.57 Å². The summed E-state index contributed by atoms with van der Waals surface area (Å²) in [7, 11) is 0. The molecule has 2 aromatic carbocycles. The van der Waals surface area contributed by atoms with Crippen LogP contribution in [-0.4, -0.2) is 9.55 Å². The van der Waals surface area contributed by atoms with Gasteiger partial charge in [0.1, 0.15) is 5.82 Å². The number of imidazole rings is 1. The minimum absolute atomic E-state index is 0.851. The minimum atomic E-state index is 0.851. The van der Waals surface area contributed by atoms with E-state index in [-0.39, 0.29) is 0 Å². The summed E-state index contributed by atoms with van der Waals surface area (Å²) in [4.78, 5) is 4.65. The minimum Gasteiger partial charge on any atom is -0.303 e. The van der Waals surface area contributed by atoms with E-state index in [1.54, 1.807) is 0 Å². The lowest BCUT2D eigenvalue weighted by atomic mass is 10.1. The molecule has 0 spiro atoms. The Morgan fingerprint density at radius 2 is 1.53 bits per heavy atom. The molecule has 3 aromatic rings. The first kappa shape index (κ1) is 11.7. The molecule has 94 valence electrons. The lowest BCUT2D eigenvalue weighted by molar-refractivity contribution is 0.912. The van der Waals surface area contributed by atoms with Crippen molar-refractivity contribution >= 4 is 0 Å². The van der Waals surface area contributed by atoms with Gasteiger partial charge in [-0.15, -0.1) is 0 Å². The molecule has 0 unspecified atom stereocenters. The van der Waals surface area contributed by atoms with E-state index in [4.69, 9.17) is 0 Å². The van der Waals surface area contributed by atoms with Crippen molar-refractivity contribution in [2.24, 2.45) is 0 Å². The van der Waals surface area contributed by atoms with Gasteiger partial charge in [0.2, 0.25) is 0 Å². The van der Waals surface area contributed by atoms with E-state index in [9.17, 15) is 0 Å². The molecule has 0 atom stereocenters. The van der Waals surface area contributed by atoms with Crippen molar-refractivity contribution in [3.05, 3.63) is 83.9 Å². The third-order valence-corrected chi connectivity index (χ3v) is 3.14. The van der Waals surface area contributed by atoms with Gasteiger partial charge in [-0.2, -0.15) is 0 Å². The summed E-state index contributed by atoms with van der Waals surface area (Å²) >= 11 is 0. The lowest BCUT2D eigenvalue weighted by Gasteiger charge is -2.07. The molecule has 0 fully saturated rings. The van der Waals surface area contributed by atoms with E-state index in [1.165, 1.54) is 5.56 Å². The van der Waals surface area contributed by atoms with Crippen molar-refractivity contribution in [3.63, 3.8) is 0 Å². The number of benzene rings is 2. The molecule has 19 heavy (non-hydrogen) atoms. The molecule has 0 aliphatic carbocycles.